The van der Waals surface area contributed by atoms with E-state index in [1.165, 1.54) is 0 Å². The summed E-state index contributed by atoms with van der Waals surface area (Å²) in [5.41, 5.74) is -0.845. The summed E-state index contributed by atoms with van der Waals surface area (Å²) in [5, 5.41) is 5.53. The fraction of sp³-hybridized carbons (Fsp3) is 0.550. The lowest BCUT2D eigenvalue weighted by Gasteiger charge is -2.36. The summed E-state index contributed by atoms with van der Waals surface area (Å²) in [4.78, 5) is 38.4. The van der Waals surface area contributed by atoms with Gasteiger partial charge in [0.1, 0.15) is 18.7 Å². The standard InChI is InChI=1S/C20H27N3O5/c1-14-7-5-6-10-20(14)18(25)23(19(26)22-20)13-17(24)21-11-12-28-16-9-4-3-8-15(16)27-2/h3-4,8-9,14H,5-7,10-13H2,1-2H3,(H,21,24)(H,22,26)/t14-,20-/m1/s1. The molecule has 28 heavy (non-hydrogen) atoms. The van der Waals surface area contributed by atoms with Crippen molar-refractivity contribution in [3.63, 3.8) is 0 Å². The summed E-state index contributed by atoms with van der Waals surface area (Å²) < 4.78 is 10.8. The predicted molar refractivity (Wildman–Crippen MR) is 102 cm³/mol. The molecule has 152 valence electrons. The smallest absolute Gasteiger partial charge is 0.325 e. The zero-order valence-electron chi connectivity index (χ0n) is 16.3. The molecule has 2 atom stereocenters. The first-order chi connectivity index (χ1) is 13.5. The van der Waals surface area contributed by atoms with E-state index in [4.69, 9.17) is 9.47 Å². The van der Waals surface area contributed by atoms with E-state index in [9.17, 15) is 14.4 Å². The molecule has 1 aromatic rings. The molecule has 1 aromatic carbocycles. The zero-order valence-corrected chi connectivity index (χ0v) is 16.3. The number of amides is 4. The zero-order chi connectivity index (χ0) is 20.1. The number of nitrogens with one attached hydrogen (secondary N) is 2. The van der Waals surface area contributed by atoms with Crippen LogP contribution in [-0.4, -0.2) is 55.1 Å². The van der Waals surface area contributed by atoms with Crippen molar-refractivity contribution in [1.82, 2.24) is 15.5 Å². The van der Waals surface area contributed by atoms with E-state index in [0.29, 0.717) is 17.9 Å². The Morgan fingerprint density at radius 1 is 1.29 bits per heavy atom. The van der Waals surface area contributed by atoms with E-state index in [2.05, 4.69) is 10.6 Å². The fourth-order valence-corrected chi connectivity index (χ4v) is 3.93. The van der Waals surface area contributed by atoms with Gasteiger partial charge < -0.3 is 20.1 Å². The fourth-order valence-electron chi connectivity index (χ4n) is 3.93. The number of ether oxygens (including phenoxy) is 2. The van der Waals surface area contributed by atoms with Crippen LogP contribution in [0.2, 0.25) is 0 Å². The van der Waals surface area contributed by atoms with Crippen LogP contribution in [0, 0.1) is 5.92 Å². The Bertz CT molecular complexity index is 753. The number of benzene rings is 1. The summed E-state index contributed by atoms with van der Waals surface area (Å²) in [6, 6.07) is 6.74. The van der Waals surface area contributed by atoms with Crippen molar-refractivity contribution in [2.24, 2.45) is 5.92 Å². The van der Waals surface area contributed by atoms with Gasteiger partial charge in [-0.05, 0) is 30.9 Å². The Morgan fingerprint density at radius 2 is 2.04 bits per heavy atom. The molecular weight excluding hydrogens is 362 g/mol. The number of para-hydroxylation sites is 2. The minimum absolute atomic E-state index is 0.0695. The average molecular weight is 389 g/mol. The van der Waals surface area contributed by atoms with Gasteiger partial charge in [0.25, 0.3) is 5.91 Å². The average Bonchev–Trinajstić information content (AvgIpc) is 2.93. The Labute approximate surface area is 164 Å². The highest BCUT2D eigenvalue weighted by Crippen LogP contribution is 2.38. The van der Waals surface area contributed by atoms with Gasteiger partial charge in [0, 0.05) is 0 Å². The Balaban J connectivity index is 1.48. The number of carbonyl (C=O) groups excluding carboxylic acids is 3. The number of carbonyl (C=O) groups is 3. The third-order valence-corrected chi connectivity index (χ3v) is 5.55. The summed E-state index contributed by atoms with van der Waals surface area (Å²) in [7, 11) is 1.56. The van der Waals surface area contributed by atoms with Gasteiger partial charge in [-0.3, -0.25) is 14.5 Å². The number of urea groups is 1. The second-order valence-corrected chi connectivity index (χ2v) is 7.29. The first-order valence-corrected chi connectivity index (χ1v) is 9.64. The van der Waals surface area contributed by atoms with Gasteiger partial charge in [0.2, 0.25) is 5.91 Å². The van der Waals surface area contributed by atoms with Gasteiger partial charge >= 0.3 is 6.03 Å². The molecule has 1 saturated carbocycles. The van der Waals surface area contributed by atoms with Crippen molar-refractivity contribution >= 4 is 17.8 Å². The van der Waals surface area contributed by atoms with E-state index in [-0.39, 0.29) is 31.5 Å². The molecule has 3 rings (SSSR count). The van der Waals surface area contributed by atoms with Crippen LogP contribution in [0.4, 0.5) is 4.79 Å². The first-order valence-electron chi connectivity index (χ1n) is 9.64. The number of hydrogen-bond acceptors (Lipinski definition) is 5. The van der Waals surface area contributed by atoms with Crippen LogP contribution in [0.15, 0.2) is 24.3 Å². The highest BCUT2D eigenvalue weighted by molar-refractivity contribution is 6.09. The van der Waals surface area contributed by atoms with Gasteiger partial charge in [0.15, 0.2) is 11.5 Å². The monoisotopic (exact) mass is 389 g/mol. The molecule has 2 aliphatic rings. The van der Waals surface area contributed by atoms with Crippen LogP contribution < -0.4 is 20.1 Å². The van der Waals surface area contributed by atoms with Crippen LogP contribution in [0.5, 0.6) is 11.5 Å². The molecule has 1 aliphatic carbocycles. The number of nitrogens with zero attached hydrogens (tertiary/aromatic N) is 1. The Morgan fingerprint density at radius 3 is 2.75 bits per heavy atom. The topological polar surface area (TPSA) is 97.0 Å². The predicted octanol–water partition coefficient (Wildman–Crippen LogP) is 1.69. The van der Waals surface area contributed by atoms with Gasteiger partial charge in [-0.2, -0.15) is 0 Å². The van der Waals surface area contributed by atoms with Crippen molar-refractivity contribution in [2.75, 3.05) is 26.8 Å². The van der Waals surface area contributed by atoms with E-state index < -0.39 is 17.5 Å². The lowest BCUT2D eigenvalue weighted by Crippen LogP contribution is -2.54. The van der Waals surface area contributed by atoms with Crippen LogP contribution in [0.25, 0.3) is 0 Å². The maximum Gasteiger partial charge on any atom is 0.325 e. The molecule has 1 saturated heterocycles. The Hall–Kier alpha value is -2.77. The van der Waals surface area contributed by atoms with Gasteiger partial charge in [0.05, 0.1) is 13.7 Å². The molecule has 4 amide bonds. The maximum atomic E-state index is 12.8. The molecule has 1 aliphatic heterocycles. The van der Waals surface area contributed by atoms with Crippen LogP contribution in [-0.2, 0) is 9.59 Å². The van der Waals surface area contributed by atoms with Crippen LogP contribution in [0.3, 0.4) is 0 Å². The minimum atomic E-state index is -0.845. The molecule has 0 radical (unpaired) electrons. The Kier molecular flexibility index (Phi) is 6.06. The third kappa shape index (κ3) is 3.90. The van der Waals surface area contributed by atoms with Gasteiger partial charge in [-0.15, -0.1) is 0 Å². The molecule has 1 spiro atoms. The maximum absolute atomic E-state index is 12.8. The van der Waals surface area contributed by atoms with Crippen molar-refractivity contribution in [3.8, 4) is 11.5 Å². The van der Waals surface area contributed by atoms with Gasteiger partial charge in [-0.25, -0.2) is 4.79 Å². The lowest BCUT2D eigenvalue weighted by molar-refractivity contribution is -0.137. The lowest BCUT2D eigenvalue weighted by atomic mass is 9.73. The van der Waals surface area contributed by atoms with Crippen LogP contribution in [0.1, 0.15) is 32.6 Å². The van der Waals surface area contributed by atoms with Crippen molar-refractivity contribution in [2.45, 2.75) is 38.1 Å². The summed E-state index contributed by atoms with van der Waals surface area (Å²) in [6.45, 7) is 2.19. The van der Waals surface area contributed by atoms with E-state index >= 15 is 0 Å². The molecule has 8 nitrogen and oxygen atoms in total. The molecular formula is C20H27N3O5. The second-order valence-electron chi connectivity index (χ2n) is 7.29. The quantitative estimate of drug-likeness (QED) is 0.546. The molecule has 0 bridgehead atoms. The van der Waals surface area contributed by atoms with Crippen molar-refractivity contribution in [3.05, 3.63) is 24.3 Å². The molecule has 8 heteroatoms. The molecule has 2 fully saturated rings. The minimum Gasteiger partial charge on any atom is -0.493 e. The van der Waals surface area contributed by atoms with Crippen LogP contribution >= 0.6 is 0 Å². The first kappa shape index (κ1) is 20.0. The highest BCUT2D eigenvalue weighted by atomic mass is 16.5. The number of methoxy groups -OCH3 is 1. The molecule has 2 N–H and O–H groups in total. The van der Waals surface area contributed by atoms with E-state index in [1.54, 1.807) is 19.2 Å². The molecule has 0 unspecified atom stereocenters. The second kappa shape index (κ2) is 8.50. The van der Waals surface area contributed by atoms with E-state index in [1.807, 2.05) is 19.1 Å². The van der Waals surface area contributed by atoms with E-state index in [0.717, 1.165) is 24.2 Å². The van der Waals surface area contributed by atoms with Crippen molar-refractivity contribution < 1.29 is 23.9 Å². The normalized spacial score (nSPS) is 24.2. The SMILES string of the molecule is COc1ccccc1OCCNC(=O)CN1C(=O)N[C@@]2(CCCC[C@H]2C)C1=O. The molecule has 0 aromatic heterocycles. The number of hydrogen-bond donors (Lipinski definition) is 2. The third-order valence-electron chi connectivity index (χ3n) is 5.55. The number of imide groups is 1. The summed E-state index contributed by atoms with van der Waals surface area (Å²) >= 11 is 0. The highest BCUT2D eigenvalue weighted by Gasteiger charge is 2.55. The van der Waals surface area contributed by atoms with Crippen molar-refractivity contribution in [1.29, 1.82) is 0 Å². The summed E-state index contributed by atoms with van der Waals surface area (Å²) in [6.07, 6.45) is 3.48. The molecule has 1 heterocycles. The van der Waals surface area contributed by atoms with Gasteiger partial charge in [-0.1, -0.05) is 31.9 Å². The summed E-state index contributed by atoms with van der Waals surface area (Å²) in [5.74, 6) is 0.583. The number of rotatable bonds is 7. The largest absolute Gasteiger partial charge is 0.493 e.